The summed E-state index contributed by atoms with van der Waals surface area (Å²) >= 11 is 0. The highest BCUT2D eigenvalue weighted by Gasteiger charge is 2.68. The topological polar surface area (TPSA) is 0 Å². The highest BCUT2D eigenvalue weighted by molar-refractivity contribution is 5.72. The van der Waals surface area contributed by atoms with Crippen molar-refractivity contribution in [2.45, 2.75) is 150 Å². The standard InChI is InChI=1S/C105H70/c1-2-57-97-67-11-66-96(97,56-1)86-46-36-76-16-18-78(19-17-76)38-48-88-90(100-60-4-3-58-98(88,100)68-12-70-100)50-40-80-24-26-82(27-25-80)42-52-92-94(104-64-8-7-62-102(92,104)72-14-74-104)54-44-84-32-34-85(35-33-84)45-55-95-93(103-63-9-10-65-105(95,103)75-15-73-103)53-43-83-30-28-81(29-31-83)41-51-91-89(99-59-5-6-61-101(91,99)71-13-69-99)49-39-79-22-20-77(21-23-79)37-47-87(86)97/h1-10,16-35,56-65H,11-15,66-75H2. The SMILES string of the molecule is c1c2c(c#cc3ccc(c#cc4c(c#cc5ccc(c#cc6c(c#cc7ccc(c#cc8c(c#cc9ccc(c#cc%10c(c#cc%11ccc(c#1)cc%11)C1%11C=CC=CC%101CCC%11)cc9)C19C=CC=CC81CCC9)cc7)C17C=CC=CC61CCC7)cc5)C15C=CC=CC41CCC5)cc3)C13C=CC=CC21CCC3. The van der Waals surface area contributed by atoms with E-state index in [0.717, 1.165) is 206 Å². The molecule has 10 unspecified atom stereocenters. The highest BCUT2D eigenvalue weighted by Crippen LogP contribution is 2.71. The van der Waals surface area contributed by atoms with Crippen LogP contribution in [0, 0.1) is 121 Å². The molecule has 0 radical (unpaired) electrons. The maximum Gasteiger partial charge on any atom is 0.0363 e. The van der Waals surface area contributed by atoms with Crippen molar-refractivity contribution in [3.8, 4) is 0 Å². The third-order valence-corrected chi connectivity index (χ3v) is 27.5. The average Bonchev–Trinajstić information content (AvgIpc) is 1.66. The average molecular weight is 1330 g/mol. The first-order chi connectivity index (χ1) is 51.7. The van der Waals surface area contributed by atoms with Gasteiger partial charge in [0.05, 0.1) is 0 Å². The second-order valence-electron chi connectivity index (χ2n) is 31.7. The number of hydrogen-bond donors (Lipinski definition) is 0. The van der Waals surface area contributed by atoms with Gasteiger partial charge in [0.1, 0.15) is 0 Å². The lowest BCUT2D eigenvalue weighted by molar-refractivity contribution is 0.317. The summed E-state index contributed by atoms with van der Waals surface area (Å²) < 4.78 is 0. The van der Waals surface area contributed by atoms with Crippen LogP contribution >= 0.6 is 0 Å². The molecule has 11 aromatic carbocycles. The molecule has 10 atom stereocenters. The molecule has 0 aromatic heterocycles. The van der Waals surface area contributed by atoms with Gasteiger partial charge in [0.25, 0.3) is 0 Å². The first-order valence-electron chi connectivity index (χ1n) is 38.0. The van der Waals surface area contributed by atoms with Crippen molar-refractivity contribution in [3.63, 3.8) is 0 Å². The number of hydrogen-bond acceptors (Lipinski definition) is 0. The van der Waals surface area contributed by atoms with Gasteiger partial charge in [-0.25, -0.2) is 0 Å². The van der Waals surface area contributed by atoms with E-state index in [1.54, 1.807) is 0 Å². The van der Waals surface area contributed by atoms with Gasteiger partial charge in [-0.2, -0.15) is 0 Å². The molecule has 490 valence electrons. The van der Waals surface area contributed by atoms with Gasteiger partial charge in [0.2, 0.25) is 0 Å². The second kappa shape index (κ2) is 22.6. The Balaban J connectivity index is 0.692. The first kappa shape index (κ1) is 61.5. The lowest BCUT2D eigenvalue weighted by atomic mass is 9.47. The van der Waals surface area contributed by atoms with Gasteiger partial charge in [0.15, 0.2) is 0 Å². The third kappa shape index (κ3) is 8.35. The van der Waals surface area contributed by atoms with Gasteiger partial charge in [0, 0.05) is 164 Å². The predicted molar refractivity (Wildman–Crippen MR) is 418 cm³/mol. The van der Waals surface area contributed by atoms with E-state index in [4.69, 9.17) is 0 Å². The van der Waals surface area contributed by atoms with Crippen molar-refractivity contribution < 1.29 is 0 Å². The van der Waals surface area contributed by atoms with E-state index in [2.05, 4.69) is 364 Å². The van der Waals surface area contributed by atoms with Crippen LogP contribution in [0.25, 0.3) is 53.9 Å². The molecule has 0 N–H and O–H groups in total. The summed E-state index contributed by atoms with van der Waals surface area (Å²) in [6.07, 6.45) is 62.6. The molecule has 11 aromatic rings. The number of allylic oxidation sites excluding steroid dienone is 20. The summed E-state index contributed by atoms with van der Waals surface area (Å²) in [5.41, 5.74) is 10.3. The van der Waals surface area contributed by atoms with Gasteiger partial charge in [-0.3, -0.25) is 0 Å². The van der Waals surface area contributed by atoms with Gasteiger partial charge >= 0.3 is 0 Å². The maximum absolute atomic E-state index is 3.73. The molecule has 10 bridgehead atoms. The molecule has 26 rings (SSSR count). The van der Waals surface area contributed by atoms with Crippen molar-refractivity contribution in [3.05, 3.63) is 420 Å². The summed E-state index contributed by atoms with van der Waals surface area (Å²) in [5.74, 6) is 0. The molecule has 0 saturated heterocycles. The van der Waals surface area contributed by atoms with Crippen LogP contribution in [0.1, 0.15) is 152 Å². The second-order valence-corrected chi connectivity index (χ2v) is 31.7. The summed E-state index contributed by atoms with van der Waals surface area (Å²) in [5, 5.41) is 9.62. The molecular weight excluding hydrogens is 1260 g/mol. The van der Waals surface area contributed by atoms with E-state index in [9.17, 15) is 0 Å². The van der Waals surface area contributed by atoms with Gasteiger partial charge in [-0.05, 0) is 186 Å². The smallest absolute Gasteiger partial charge is 0.0363 e. The zero-order valence-electron chi connectivity index (χ0n) is 58.7. The Bertz CT molecular complexity index is 4580. The molecule has 105 heavy (non-hydrogen) atoms. The molecule has 5 saturated carbocycles. The number of rotatable bonds is 0. The zero-order valence-corrected chi connectivity index (χ0v) is 58.7. The van der Waals surface area contributed by atoms with E-state index >= 15 is 0 Å². The summed E-state index contributed by atoms with van der Waals surface area (Å²) in [7, 11) is 0. The van der Waals surface area contributed by atoms with Crippen LogP contribution in [0.15, 0.2) is 243 Å². The largest absolute Gasteiger partial charge is 0.0721 e. The van der Waals surface area contributed by atoms with Crippen LogP contribution in [0.5, 0.6) is 0 Å². The number of benzene rings is 5. The minimum Gasteiger partial charge on any atom is -0.0721 e. The quantitative estimate of drug-likeness (QED) is 0.142. The summed E-state index contributed by atoms with van der Waals surface area (Å²) in [6.45, 7) is 0. The monoisotopic (exact) mass is 1330 g/mol. The Morgan fingerprint density at radius 2 is 0.229 bits per heavy atom. The zero-order chi connectivity index (χ0) is 69.6. The normalized spacial score (nSPS) is 30.5. The Morgan fingerprint density at radius 3 is 0.324 bits per heavy atom. The van der Waals surface area contributed by atoms with Gasteiger partial charge < -0.3 is 0 Å². The fraction of sp³-hybridized carbons (Fsp3) is 0.238. The van der Waals surface area contributed by atoms with Gasteiger partial charge in [-0.15, -0.1) is 0 Å². The molecule has 0 nitrogen and oxygen atoms in total. The van der Waals surface area contributed by atoms with Crippen LogP contribution in [0.2, 0.25) is 0 Å². The predicted octanol–water partition coefficient (Wildman–Crippen LogP) is 22.0. The van der Waals surface area contributed by atoms with E-state index < -0.39 is 0 Å². The summed E-state index contributed by atoms with van der Waals surface area (Å²) in [6, 6.07) is 116. The lowest BCUT2D eigenvalue weighted by Crippen LogP contribution is -2.52. The molecule has 0 amide bonds. The van der Waals surface area contributed by atoms with E-state index in [1.807, 2.05) is 0 Å². The van der Waals surface area contributed by atoms with Crippen LogP contribution in [-0.2, 0) is 54.1 Å². The Labute approximate surface area is 620 Å². The number of fused-ring (bicyclic) bond motifs is 5. The minimum absolute atomic E-state index is 0.125. The van der Waals surface area contributed by atoms with E-state index in [-0.39, 0.29) is 54.1 Å². The van der Waals surface area contributed by atoms with Crippen molar-refractivity contribution in [2.75, 3.05) is 0 Å². The molecule has 15 aliphatic carbocycles. The van der Waals surface area contributed by atoms with E-state index in [1.165, 1.54) is 0 Å². The molecule has 0 heterocycles. The third-order valence-electron chi connectivity index (χ3n) is 27.5. The highest BCUT2D eigenvalue weighted by atomic mass is 14.7. The first-order valence-corrected chi connectivity index (χ1v) is 38.0. The summed E-state index contributed by atoms with van der Waals surface area (Å²) in [4.78, 5) is 0. The maximum atomic E-state index is 3.73. The molecule has 0 heteroatoms. The Hall–Kier alpha value is -12.2. The minimum atomic E-state index is -0.125. The lowest BCUT2D eigenvalue weighted by Gasteiger charge is -2.53. The van der Waals surface area contributed by atoms with Crippen LogP contribution < -0.4 is 0 Å². The fourth-order valence-corrected chi connectivity index (χ4v) is 22.5. The van der Waals surface area contributed by atoms with Crippen molar-refractivity contribution in [1.82, 2.24) is 0 Å². The van der Waals surface area contributed by atoms with Crippen LogP contribution in [-0.4, -0.2) is 0 Å². The fourth-order valence-electron chi connectivity index (χ4n) is 22.5. The Kier molecular flexibility index (Phi) is 13.3. The van der Waals surface area contributed by atoms with Crippen molar-refractivity contribution >= 4 is 53.9 Å². The molecule has 0 aliphatic heterocycles. The molecule has 0 spiro atoms. The molecule has 5 fully saturated rings. The van der Waals surface area contributed by atoms with Crippen LogP contribution in [0.4, 0.5) is 0 Å². The van der Waals surface area contributed by atoms with Gasteiger partial charge in [-0.1, -0.05) is 275 Å². The Morgan fingerprint density at radius 1 is 0.133 bits per heavy atom. The molecule has 15 aliphatic rings. The van der Waals surface area contributed by atoms with E-state index in [0.29, 0.717) is 0 Å². The van der Waals surface area contributed by atoms with Crippen molar-refractivity contribution in [1.29, 1.82) is 0 Å². The molecular formula is C105H70. The van der Waals surface area contributed by atoms with Crippen LogP contribution in [0.3, 0.4) is 0 Å². The van der Waals surface area contributed by atoms with Crippen molar-refractivity contribution in [2.24, 2.45) is 0 Å².